The molecule has 10 nitrogen and oxygen atoms in total. The molecule has 0 aliphatic rings. The number of ether oxygens (including phenoxy) is 4. The first-order chi connectivity index (χ1) is 16.5. The largest absolute Gasteiger partial charge is 0.507 e. The van der Waals surface area contributed by atoms with Gasteiger partial charge in [-0.1, -0.05) is 0 Å². The number of aliphatic imine (C=N–C) groups is 2. The number of benzene rings is 2. The van der Waals surface area contributed by atoms with E-state index in [1.54, 1.807) is 24.6 Å². The minimum atomic E-state index is 0. The van der Waals surface area contributed by atoms with E-state index < -0.39 is 0 Å². The van der Waals surface area contributed by atoms with Gasteiger partial charge in [-0.25, -0.2) is 0 Å². The molecule has 189 valence electrons. The molecule has 0 bridgehead atoms. The van der Waals surface area contributed by atoms with Crippen molar-refractivity contribution in [2.75, 3.05) is 67.7 Å². The predicted octanol–water partition coefficient (Wildman–Crippen LogP) is 1.47. The van der Waals surface area contributed by atoms with Crippen LogP contribution in [0.2, 0.25) is 0 Å². The molecule has 11 heteroatoms. The zero-order valence-corrected chi connectivity index (χ0v) is 23.1. The summed E-state index contributed by atoms with van der Waals surface area (Å²) < 4.78 is 20.8. The first kappa shape index (κ1) is 30.2. The van der Waals surface area contributed by atoms with Gasteiger partial charge in [-0.05, 0) is 0 Å². The molecule has 0 atom stereocenters. The molecule has 0 aliphatic carbocycles. The van der Waals surface area contributed by atoms with Crippen molar-refractivity contribution >= 4 is 32.2 Å². The molecule has 0 amide bonds. The summed E-state index contributed by atoms with van der Waals surface area (Å²) in [5.74, 6) is 2.15. The molecule has 3 radical (unpaired) electrons. The molecule has 4 N–H and O–H groups in total. The summed E-state index contributed by atoms with van der Waals surface area (Å²) in [7, 11) is 6.12. The van der Waals surface area contributed by atoms with Crippen molar-refractivity contribution in [1.82, 2.24) is 10.6 Å². The third-order valence-corrected chi connectivity index (χ3v) is 4.85. The predicted molar refractivity (Wildman–Crippen MR) is 139 cm³/mol. The van der Waals surface area contributed by atoms with E-state index in [1.165, 1.54) is 40.6 Å². The van der Waals surface area contributed by atoms with Gasteiger partial charge < -0.3 is 39.8 Å². The summed E-state index contributed by atoms with van der Waals surface area (Å²) in [4.78, 5) is 8.68. The Labute approximate surface area is 219 Å². The smallest absolute Gasteiger partial charge is 0.135 e. The fourth-order valence-electron chi connectivity index (χ4n) is 3.03. The minimum Gasteiger partial charge on any atom is -0.507 e. The van der Waals surface area contributed by atoms with Crippen LogP contribution >= 0.6 is 0 Å². The van der Waals surface area contributed by atoms with Gasteiger partial charge in [0.1, 0.15) is 34.5 Å². The van der Waals surface area contributed by atoms with Crippen LogP contribution in [-0.2, 0) is 0 Å². The molecule has 0 saturated heterocycles. The van der Waals surface area contributed by atoms with E-state index in [4.69, 9.17) is 18.9 Å². The number of hydrogen-bond donors (Lipinski definition) is 4. The molecule has 0 aliphatic heterocycles. The molecule has 0 fully saturated rings. The molecule has 0 aromatic heterocycles. The van der Waals surface area contributed by atoms with Crippen LogP contribution in [0.15, 0.2) is 34.3 Å². The van der Waals surface area contributed by atoms with Crippen LogP contribution in [0.25, 0.3) is 0 Å². The third kappa shape index (κ3) is 9.72. The van der Waals surface area contributed by atoms with Crippen molar-refractivity contribution in [2.24, 2.45) is 9.98 Å². The Morgan fingerprint density at radius 3 is 1.40 bits per heavy atom. The summed E-state index contributed by atoms with van der Waals surface area (Å²) in [6.45, 7) is 4.09. The van der Waals surface area contributed by atoms with E-state index in [-0.39, 0.29) is 31.3 Å². The SMILES string of the molecule is COc1cc(O)c(C=NCCNCCNCCN=Cc2c(O)cc(OC)cc2OC)c(OC)c1.[Ga]. The zero-order valence-electron chi connectivity index (χ0n) is 20.7. The second kappa shape index (κ2) is 16.7. The fraction of sp³-hybridized carbons (Fsp3) is 0.417. The summed E-state index contributed by atoms with van der Waals surface area (Å²) >= 11 is 0. The van der Waals surface area contributed by atoms with Crippen LogP contribution in [0.5, 0.6) is 34.5 Å². The molecule has 0 spiro atoms. The van der Waals surface area contributed by atoms with Crippen LogP contribution in [-0.4, -0.2) is 110 Å². The van der Waals surface area contributed by atoms with E-state index in [2.05, 4.69) is 20.6 Å². The van der Waals surface area contributed by atoms with Gasteiger partial charge in [-0.15, -0.1) is 0 Å². The van der Waals surface area contributed by atoms with Crippen molar-refractivity contribution in [3.05, 3.63) is 35.4 Å². The summed E-state index contributed by atoms with van der Waals surface area (Å²) in [5.41, 5.74) is 1.04. The molecule has 0 saturated carbocycles. The van der Waals surface area contributed by atoms with E-state index >= 15 is 0 Å². The van der Waals surface area contributed by atoms with Crippen LogP contribution in [0, 0.1) is 0 Å². The molecule has 2 aromatic carbocycles. The second-order valence-electron chi connectivity index (χ2n) is 7.10. The quantitative estimate of drug-likeness (QED) is 0.151. The number of rotatable bonds is 15. The molecule has 0 heterocycles. The Morgan fingerprint density at radius 1 is 0.657 bits per heavy atom. The molecule has 35 heavy (non-hydrogen) atoms. The van der Waals surface area contributed by atoms with Gasteiger partial charge >= 0.3 is 0 Å². The van der Waals surface area contributed by atoms with Gasteiger partial charge in [-0.2, -0.15) is 0 Å². The summed E-state index contributed by atoms with van der Waals surface area (Å²) in [6, 6.07) is 6.44. The Balaban J connectivity index is 0.00000612. The normalized spacial score (nSPS) is 11.0. The Kier molecular flexibility index (Phi) is 14.4. The van der Waals surface area contributed by atoms with Crippen molar-refractivity contribution < 1.29 is 29.2 Å². The second-order valence-corrected chi connectivity index (χ2v) is 7.10. The van der Waals surface area contributed by atoms with Crippen molar-refractivity contribution in [3.8, 4) is 34.5 Å². The van der Waals surface area contributed by atoms with E-state index in [0.29, 0.717) is 60.3 Å². The maximum absolute atomic E-state index is 10.1. The van der Waals surface area contributed by atoms with Crippen molar-refractivity contribution in [3.63, 3.8) is 0 Å². The van der Waals surface area contributed by atoms with Crippen molar-refractivity contribution in [2.45, 2.75) is 0 Å². The van der Waals surface area contributed by atoms with Gasteiger partial charge in [0.05, 0.1) is 52.7 Å². The van der Waals surface area contributed by atoms with Crippen LogP contribution < -0.4 is 29.6 Å². The van der Waals surface area contributed by atoms with Gasteiger partial charge in [0.15, 0.2) is 0 Å². The molecule has 2 rings (SSSR count). The number of hydrogen-bond acceptors (Lipinski definition) is 10. The van der Waals surface area contributed by atoms with Gasteiger partial charge in [0.2, 0.25) is 0 Å². The first-order valence-electron chi connectivity index (χ1n) is 10.8. The average molecular weight is 544 g/mol. The topological polar surface area (TPSA) is 126 Å². The van der Waals surface area contributed by atoms with Crippen LogP contribution in [0.1, 0.15) is 11.1 Å². The van der Waals surface area contributed by atoms with E-state index in [9.17, 15) is 10.2 Å². The Bertz CT molecular complexity index is 894. The van der Waals surface area contributed by atoms with Gasteiger partial charge in [0, 0.05) is 82.7 Å². The molecule has 2 aromatic rings. The third-order valence-electron chi connectivity index (χ3n) is 4.85. The average Bonchev–Trinajstić information content (AvgIpc) is 2.85. The molecular weight excluding hydrogens is 510 g/mol. The monoisotopic (exact) mass is 543 g/mol. The summed E-state index contributed by atoms with van der Waals surface area (Å²) in [6.07, 6.45) is 3.20. The minimum absolute atomic E-state index is 0. The van der Waals surface area contributed by atoms with Crippen LogP contribution in [0.3, 0.4) is 0 Å². The Hall–Kier alpha value is -2.86. The summed E-state index contributed by atoms with van der Waals surface area (Å²) in [5, 5.41) is 26.8. The van der Waals surface area contributed by atoms with Crippen molar-refractivity contribution in [1.29, 1.82) is 0 Å². The van der Waals surface area contributed by atoms with Gasteiger partial charge in [-0.3, -0.25) is 9.98 Å². The van der Waals surface area contributed by atoms with E-state index in [1.807, 2.05) is 0 Å². The fourth-order valence-corrected chi connectivity index (χ4v) is 3.03. The molecular formula is C24H34GaN4O6. The maximum Gasteiger partial charge on any atom is 0.135 e. The number of phenolic OH excluding ortho intramolecular Hbond substituents is 2. The Morgan fingerprint density at radius 2 is 1.06 bits per heavy atom. The van der Waals surface area contributed by atoms with E-state index in [0.717, 1.165) is 13.1 Å². The number of nitrogens with one attached hydrogen (secondary N) is 2. The van der Waals surface area contributed by atoms with Gasteiger partial charge in [0.25, 0.3) is 0 Å². The zero-order chi connectivity index (χ0) is 24.8. The number of nitrogens with zero attached hydrogens (tertiary/aromatic N) is 2. The first-order valence-corrected chi connectivity index (χ1v) is 10.8. The van der Waals surface area contributed by atoms with Crippen LogP contribution in [0.4, 0.5) is 0 Å². The number of aromatic hydroxyl groups is 2. The standard InChI is InChI=1S/C24H34N4O6.Ga/c1-31-17-11-21(29)19(23(13-17)33-3)15-27-9-7-25-5-6-26-8-10-28-16-20-22(30)12-18(32-2)14-24(20)34-4;/h11-16,25-26,29-30H,5-10H2,1-4H3;. The maximum atomic E-state index is 10.1. The number of methoxy groups -OCH3 is 4. The molecule has 0 unspecified atom stereocenters. The number of phenols is 2.